The number of Topliss-reactive ketones (excluding diaryl/α,β-unsaturated/α-hetero) is 1. The fraction of sp³-hybridized carbons (Fsp3) is 0.259. The number of benzene rings is 2. The Morgan fingerprint density at radius 3 is 2.28 bits per heavy atom. The Kier molecular flexibility index (Phi) is 9.07. The van der Waals surface area contributed by atoms with Crippen LogP contribution >= 0.6 is 23.2 Å². The second-order valence-corrected chi connectivity index (χ2v) is 9.21. The summed E-state index contributed by atoms with van der Waals surface area (Å²) in [6, 6.07) is 12.7. The highest BCUT2D eigenvalue weighted by Gasteiger charge is 2.21. The molecule has 0 spiro atoms. The average molecular weight is 527 g/mol. The van der Waals surface area contributed by atoms with Crippen LogP contribution in [0, 0.1) is 5.41 Å². The number of hydrogen-bond acceptors (Lipinski definition) is 5. The number of aromatic nitrogens is 1. The van der Waals surface area contributed by atoms with Gasteiger partial charge in [-0.05, 0) is 43.5 Å². The molecular weight excluding hydrogens is 499 g/mol. The normalized spacial score (nSPS) is 13.0. The highest BCUT2D eigenvalue weighted by atomic mass is 35.5. The number of pyridine rings is 1. The number of ketones is 1. The Labute approximate surface area is 220 Å². The zero-order chi connectivity index (χ0) is 24.9. The summed E-state index contributed by atoms with van der Waals surface area (Å²) in [4.78, 5) is 32.0. The summed E-state index contributed by atoms with van der Waals surface area (Å²) < 4.78 is 0. The second-order valence-electron chi connectivity index (χ2n) is 8.34. The molecule has 2 aromatic carbocycles. The van der Waals surface area contributed by atoms with Crippen molar-refractivity contribution in [3.63, 3.8) is 0 Å². The molecule has 4 rings (SSSR count). The van der Waals surface area contributed by atoms with Gasteiger partial charge in [0, 0.05) is 53.0 Å². The predicted octanol–water partition coefficient (Wildman–Crippen LogP) is 6.22. The number of amidine groups is 1. The highest BCUT2D eigenvalue weighted by molar-refractivity contribution is 6.31. The number of phenolic OH excluding ortho intramolecular Hbond substituents is 1. The van der Waals surface area contributed by atoms with E-state index in [9.17, 15) is 14.7 Å². The number of halogens is 2. The van der Waals surface area contributed by atoms with Gasteiger partial charge in [-0.3, -0.25) is 15.0 Å². The van der Waals surface area contributed by atoms with Crippen LogP contribution in [0.15, 0.2) is 54.7 Å². The molecule has 3 aromatic rings. The van der Waals surface area contributed by atoms with Crippen LogP contribution in [0.4, 0.5) is 5.82 Å². The molecule has 1 aromatic heterocycles. The number of carbonyl (C=O) groups excluding carboxylic acids is 2. The number of rotatable bonds is 6. The zero-order valence-corrected chi connectivity index (χ0v) is 20.4. The van der Waals surface area contributed by atoms with Gasteiger partial charge in [0.05, 0.1) is 5.02 Å². The van der Waals surface area contributed by atoms with Gasteiger partial charge in [0.15, 0.2) is 5.78 Å². The number of phenols is 1. The lowest BCUT2D eigenvalue weighted by atomic mass is 9.96. The lowest BCUT2D eigenvalue weighted by Crippen LogP contribution is -2.35. The van der Waals surface area contributed by atoms with Gasteiger partial charge < -0.3 is 15.3 Å². The van der Waals surface area contributed by atoms with Crippen LogP contribution in [0.3, 0.4) is 0 Å². The van der Waals surface area contributed by atoms with Crippen molar-refractivity contribution in [2.45, 2.75) is 33.1 Å². The van der Waals surface area contributed by atoms with Crippen molar-refractivity contribution in [2.24, 2.45) is 0 Å². The number of likely N-dealkylation sites (tertiary alicyclic amines) is 1. The zero-order valence-electron chi connectivity index (χ0n) is 18.9. The molecule has 1 aliphatic rings. The van der Waals surface area contributed by atoms with Crippen molar-refractivity contribution in [1.29, 1.82) is 5.41 Å². The van der Waals surface area contributed by atoms with Gasteiger partial charge in [-0.15, -0.1) is 0 Å². The van der Waals surface area contributed by atoms with Crippen molar-refractivity contribution in [2.75, 3.05) is 18.4 Å². The maximum absolute atomic E-state index is 13.0. The van der Waals surface area contributed by atoms with E-state index in [1.54, 1.807) is 36.4 Å². The molecule has 1 saturated heterocycles. The summed E-state index contributed by atoms with van der Waals surface area (Å²) in [6.07, 6.45) is 4.53. The Balaban J connectivity index is 0.00000361. The van der Waals surface area contributed by atoms with Crippen LogP contribution in [0.5, 0.6) is 5.75 Å². The number of hydrogen-bond donors (Lipinski definition) is 3. The maximum Gasteiger partial charge on any atom is 0.257 e. The average Bonchev–Trinajstić information content (AvgIpc) is 2.87. The SMILES string of the molecule is C.N=C(c1ccc(C(=O)Cc2c(O)cc(Cl)cc2C(=O)Nc2ccc(Cl)cn2)cc1)N1CCCCC1. The summed E-state index contributed by atoms with van der Waals surface area (Å²) in [5.74, 6) is -0.372. The molecule has 0 aliphatic carbocycles. The lowest BCUT2D eigenvalue weighted by molar-refractivity contribution is 0.0991. The van der Waals surface area contributed by atoms with Gasteiger partial charge >= 0.3 is 0 Å². The van der Waals surface area contributed by atoms with Gasteiger partial charge in [-0.2, -0.15) is 0 Å². The largest absolute Gasteiger partial charge is 0.508 e. The number of amides is 1. The van der Waals surface area contributed by atoms with Crippen LogP contribution in [-0.2, 0) is 6.42 Å². The molecule has 1 amide bonds. The van der Waals surface area contributed by atoms with E-state index < -0.39 is 5.91 Å². The minimum Gasteiger partial charge on any atom is -0.508 e. The number of aromatic hydroxyl groups is 1. The molecular formula is C27H28Cl2N4O3. The topological polar surface area (TPSA) is 106 Å². The summed E-state index contributed by atoms with van der Waals surface area (Å²) >= 11 is 11.9. The van der Waals surface area contributed by atoms with Crippen molar-refractivity contribution < 1.29 is 14.7 Å². The van der Waals surface area contributed by atoms with Crippen LogP contribution in [0.25, 0.3) is 0 Å². The van der Waals surface area contributed by atoms with E-state index >= 15 is 0 Å². The first-order valence-electron chi connectivity index (χ1n) is 11.2. The number of nitrogens with one attached hydrogen (secondary N) is 2. The van der Waals surface area contributed by atoms with Crippen LogP contribution in [-0.4, -0.2) is 45.6 Å². The molecule has 0 unspecified atom stereocenters. The van der Waals surface area contributed by atoms with Gasteiger partial charge in [0.1, 0.15) is 17.4 Å². The molecule has 0 atom stereocenters. The molecule has 2 heterocycles. The second kappa shape index (κ2) is 12.0. The summed E-state index contributed by atoms with van der Waals surface area (Å²) in [5, 5.41) is 22.2. The van der Waals surface area contributed by atoms with Crippen LogP contribution < -0.4 is 5.32 Å². The molecule has 7 nitrogen and oxygen atoms in total. The first kappa shape index (κ1) is 27.2. The minimum absolute atomic E-state index is 0. The Morgan fingerprint density at radius 1 is 0.972 bits per heavy atom. The summed E-state index contributed by atoms with van der Waals surface area (Å²) in [6.45, 7) is 1.73. The van der Waals surface area contributed by atoms with E-state index in [4.69, 9.17) is 28.6 Å². The molecule has 0 saturated carbocycles. The molecule has 9 heteroatoms. The van der Waals surface area contributed by atoms with E-state index in [0.717, 1.165) is 31.5 Å². The van der Waals surface area contributed by atoms with E-state index in [-0.39, 0.29) is 47.3 Å². The molecule has 3 N–H and O–H groups in total. The molecule has 1 fully saturated rings. The monoisotopic (exact) mass is 526 g/mol. The fourth-order valence-electron chi connectivity index (χ4n) is 4.02. The van der Waals surface area contributed by atoms with Crippen molar-refractivity contribution in [3.05, 3.63) is 87.0 Å². The van der Waals surface area contributed by atoms with E-state index in [2.05, 4.69) is 10.3 Å². The van der Waals surface area contributed by atoms with E-state index in [0.29, 0.717) is 16.4 Å². The Hall–Kier alpha value is -3.42. The number of anilines is 1. The number of piperidine rings is 1. The molecule has 188 valence electrons. The first-order chi connectivity index (χ1) is 16.8. The van der Waals surface area contributed by atoms with Crippen LogP contribution in [0.1, 0.15) is 58.5 Å². The van der Waals surface area contributed by atoms with Crippen molar-refractivity contribution >= 4 is 46.5 Å². The third-order valence-electron chi connectivity index (χ3n) is 5.89. The van der Waals surface area contributed by atoms with E-state index in [1.807, 2.05) is 4.90 Å². The Bertz CT molecular complexity index is 1260. The third-order valence-corrected chi connectivity index (χ3v) is 6.34. The third kappa shape index (κ3) is 6.42. The number of carbonyl (C=O) groups is 2. The molecule has 0 radical (unpaired) electrons. The Morgan fingerprint density at radius 2 is 1.64 bits per heavy atom. The van der Waals surface area contributed by atoms with Gasteiger partial charge in [0.2, 0.25) is 0 Å². The van der Waals surface area contributed by atoms with E-state index in [1.165, 1.54) is 24.8 Å². The first-order valence-corrected chi connectivity index (χ1v) is 12.0. The molecule has 0 bridgehead atoms. The van der Waals surface area contributed by atoms with Crippen molar-refractivity contribution in [1.82, 2.24) is 9.88 Å². The minimum atomic E-state index is -0.564. The smallest absolute Gasteiger partial charge is 0.257 e. The quantitative estimate of drug-likeness (QED) is 0.201. The molecule has 36 heavy (non-hydrogen) atoms. The lowest BCUT2D eigenvalue weighted by Gasteiger charge is -2.29. The summed E-state index contributed by atoms with van der Waals surface area (Å²) in [5.41, 5.74) is 1.40. The van der Waals surface area contributed by atoms with Crippen molar-refractivity contribution in [3.8, 4) is 5.75 Å². The van der Waals surface area contributed by atoms with Gasteiger partial charge in [-0.1, -0.05) is 54.9 Å². The highest BCUT2D eigenvalue weighted by Crippen LogP contribution is 2.29. The fourth-order valence-corrected chi connectivity index (χ4v) is 4.35. The van der Waals surface area contributed by atoms with Crippen LogP contribution in [0.2, 0.25) is 10.0 Å². The predicted molar refractivity (Wildman–Crippen MR) is 144 cm³/mol. The maximum atomic E-state index is 13.0. The summed E-state index contributed by atoms with van der Waals surface area (Å²) in [7, 11) is 0. The number of nitrogens with zero attached hydrogens (tertiary/aromatic N) is 2. The standard InChI is InChI=1S/C26H24Cl2N4O3.CH4/c27-18-8-9-24(30-15-18)31-26(35)21-12-19(28)13-23(34)20(21)14-22(33)16-4-6-17(7-5-16)25(29)32-10-2-1-3-11-32;/h4-9,12-13,15,29,34H,1-3,10-11,14H2,(H,30,31,35);1H4. The molecule has 1 aliphatic heterocycles. The van der Waals surface area contributed by atoms with Gasteiger partial charge in [-0.25, -0.2) is 4.98 Å². The van der Waals surface area contributed by atoms with Gasteiger partial charge in [0.25, 0.3) is 5.91 Å².